The molecule has 0 fully saturated rings. The molecular weight excluding hydrogens is 804 g/mol. The fourth-order valence-corrected chi connectivity index (χ4v) is 9.73. The number of carboxylic acid groups (broad SMARTS) is 1. The number of rotatable bonds is 11. The average molecular weight is 841 g/mol. The molecule has 1 atom stereocenters. The van der Waals surface area contributed by atoms with Crippen molar-refractivity contribution in [2.75, 3.05) is 11.3 Å². The molecule has 16 heteroatoms. The number of fused-ring (bicyclic) bond motifs is 4. The van der Waals surface area contributed by atoms with Gasteiger partial charge in [-0.05, 0) is 86.7 Å². The van der Waals surface area contributed by atoms with Gasteiger partial charge in [0.15, 0.2) is 5.82 Å². The minimum atomic E-state index is -3.95. The Hall–Kier alpha value is -6.96. The Labute approximate surface area is 348 Å². The van der Waals surface area contributed by atoms with Gasteiger partial charge in [0.05, 0.1) is 33.8 Å². The number of carboxylic acids is 1. The molecule has 3 aromatic heterocycles. The van der Waals surface area contributed by atoms with Crippen molar-refractivity contribution in [3.05, 3.63) is 146 Å². The molecule has 0 aliphatic carbocycles. The minimum Gasteiger partial charge on any atom is -0.481 e. The summed E-state index contributed by atoms with van der Waals surface area (Å²) in [5.41, 5.74) is 7.15. The number of nitrogens with zero attached hydrogens (tertiary/aromatic N) is 5. The maximum absolute atomic E-state index is 15.6. The molecule has 0 bridgehead atoms. The van der Waals surface area contributed by atoms with Crippen LogP contribution >= 0.6 is 11.3 Å². The summed E-state index contributed by atoms with van der Waals surface area (Å²) in [6, 6.07) is 22.5. The van der Waals surface area contributed by atoms with E-state index >= 15 is 4.39 Å². The monoisotopic (exact) mass is 840 g/mol. The number of carbonyl (C=O) groups excluding carboxylic acids is 1. The topological polar surface area (TPSA) is 195 Å². The Morgan fingerprint density at radius 2 is 1.72 bits per heavy atom. The lowest BCUT2D eigenvalue weighted by Crippen LogP contribution is -2.25. The zero-order valence-electron chi connectivity index (χ0n) is 32.8. The van der Waals surface area contributed by atoms with Crippen LogP contribution in [-0.4, -0.2) is 57.4 Å². The molecule has 7 aromatic rings. The summed E-state index contributed by atoms with van der Waals surface area (Å²) in [6.45, 7) is 7.93. The standard InChI is InChI=1S/C44H37FN8O5S2/c1-23-5-16-35(41-38(23)31(21-46)22-48-41)52-60(57,58)32-13-6-27(7-14-32)17-18-47-43(56)30-12-15-33(34(45)19-30)28-8-10-29(11-9-28)40-39-24(2)25(3)59-44(39)53-26(4)50-51-42(53)36(49-40)20-37(54)55/h5-16,19,22,36,48,52H,17-18,20H2,1-4H3,(H,47,56)(H,54,55)/t36-/m0/s1. The van der Waals surface area contributed by atoms with E-state index in [-0.39, 0.29) is 23.4 Å². The molecule has 8 rings (SSSR count). The van der Waals surface area contributed by atoms with Crippen LogP contribution in [0.3, 0.4) is 0 Å². The number of sulfonamides is 1. The van der Waals surface area contributed by atoms with Crippen LogP contribution in [0.5, 0.6) is 0 Å². The fourth-order valence-electron chi connectivity index (χ4n) is 7.44. The summed E-state index contributed by atoms with van der Waals surface area (Å²) >= 11 is 1.57. The van der Waals surface area contributed by atoms with Gasteiger partial charge >= 0.3 is 5.97 Å². The lowest BCUT2D eigenvalue weighted by molar-refractivity contribution is -0.137. The predicted octanol–water partition coefficient (Wildman–Crippen LogP) is 7.86. The van der Waals surface area contributed by atoms with E-state index in [0.717, 1.165) is 37.7 Å². The summed E-state index contributed by atoms with van der Waals surface area (Å²) in [5, 5.41) is 32.0. The van der Waals surface area contributed by atoms with Crippen LogP contribution in [0.25, 0.3) is 27.0 Å². The van der Waals surface area contributed by atoms with Gasteiger partial charge in [-0.2, -0.15) is 5.26 Å². The number of hydrogen-bond acceptors (Lipinski definition) is 9. The zero-order chi connectivity index (χ0) is 42.5. The molecule has 1 amide bonds. The van der Waals surface area contributed by atoms with Gasteiger partial charge in [-0.15, -0.1) is 21.5 Å². The lowest BCUT2D eigenvalue weighted by Gasteiger charge is -2.12. The number of aryl methyl sites for hydroxylation is 3. The van der Waals surface area contributed by atoms with Crippen LogP contribution in [0.4, 0.5) is 10.1 Å². The molecule has 1 aliphatic rings. The van der Waals surface area contributed by atoms with E-state index in [1.54, 1.807) is 66.1 Å². The van der Waals surface area contributed by atoms with E-state index in [1.807, 2.05) is 44.4 Å². The van der Waals surface area contributed by atoms with Gasteiger partial charge in [-0.3, -0.25) is 23.9 Å². The molecule has 4 N–H and O–H groups in total. The number of anilines is 1. The van der Waals surface area contributed by atoms with Crippen LogP contribution in [0.2, 0.25) is 0 Å². The van der Waals surface area contributed by atoms with Gasteiger partial charge in [0.25, 0.3) is 15.9 Å². The molecule has 302 valence electrons. The molecule has 4 heterocycles. The Morgan fingerprint density at radius 3 is 2.42 bits per heavy atom. The normalized spacial score (nSPS) is 13.5. The molecule has 60 heavy (non-hydrogen) atoms. The highest BCUT2D eigenvalue weighted by atomic mass is 32.2. The molecule has 0 radical (unpaired) electrons. The van der Waals surface area contributed by atoms with Gasteiger partial charge in [-0.1, -0.05) is 48.5 Å². The van der Waals surface area contributed by atoms with Crippen molar-refractivity contribution in [2.24, 2.45) is 4.99 Å². The SMILES string of the molecule is Cc1sc2c(c1C)C(c1ccc(-c3ccc(C(=O)NCCc4ccc(S(=O)(=O)Nc5ccc(C)c6c(C#N)c[nH]c56)cc4)cc3F)cc1)=N[C@@H](CC(=O)O)c1nnc(C)n1-2. The van der Waals surface area contributed by atoms with Crippen LogP contribution in [0.15, 0.2) is 94.9 Å². The number of nitrogens with one attached hydrogen (secondary N) is 3. The summed E-state index contributed by atoms with van der Waals surface area (Å²) in [4.78, 5) is 34.0. The maximum atomic E-state index is 15.6. The van der Waals surface area contributed by atoms with Crippen LogP contribution in [0.1, 0.15) is 72.7 Å². The number of benzene rings is 4. The first kappa shape index (κ1) is 39.8. The van der Waals surface area contributed by atoms with E-state index in [2.05, 4.69) is 31.3 Å². The molecule has 13 nitrogen and oxygen atoms in total. The number of aliphatic imine (C=N–C) groups is 1. The van der Waals surface area contributed by atoms with Gasteiger partial charge < -0.3 is 15.4 Å². The van der Waals surface area contributed by atoms with Crippen LogP contribution < -0.4 is 10.0 Å². The highest BCUT2D eigenvalue weighted by molar-refractivity contribution is 7.92. The predicted molar refractivity (Wildman–Crippen MR) is 227 cm³/mol. The smallest absolute Gasteiger partial charge is 0.306 e. The largest absolute Gasteiger partial charge is 0.481 e. The Kier molecular flexibility index (Phi) is 10.4. The number of H-pyrrole nitrogens is 1. The third-order valence-corrected chi connectivity index (χ3v) is 13.2. The Balaban J connectivity index is 0.929. The Bertz CT molecular complexity index is 3050. The number of carbonyl (C=O) groups is 2. The van der Waals surface area contributed by atoms with Gasteiger partial charge in [0, 0.05) is 45.3 Å². The van der Waals surface area contributed by atoms with Crippen molar-refractivity contribution >= 4 is 55.5 Å². The molecule has 1 aliphatic heterocycles. The van der Waals surface area contributed by atoms with Crippen molar-refractivity contribution in [3.8, 4) is 22.2 Å². The summed E-state index contributed by atoms with van der Waals surface area (Å²) in [6.07, 6.45) is 1.68. The minimum absolute atomic E-state index is 0.0480. The number of halogens is 1. The number of aliphatic carboxylic acids is 1. The zero-order valence-corrected chi connectivity index (χ0v) is 34.4. The second-order valence-corrected chi connectivity index (χ2v) is 17.4. The number of amides is 1. The number of aromatic nitrogens is 4. The van der Waals surface area contributed by atoms with Gasteiger partial charge in [-0.25, -0.2) is 12.8 Å². The van der Waals surface area contributed by atoms with E-state index in [9.17, 15) is 28.4 Å². The first-order valence-electron chi connectivity index (χ1n) is 18.9. The van der Waals surface area contributed by atoms with E-state index in [0.29, 0.717) is 57.1 Å². The highest BCUT2D eigenvalue weighted by Gasteiger charge is 2.32. The molecule has 0 spiro atoms. The third kappa shape index (κ3) is 7.33. The van der Waals surface area contributed by atoms with E-state index in [1.165, 1.54) is 18.2 Å². The van der Waals surface area contributed by atoms with E-state index in [4.69, 9.17) is 4.99 Å². The third-order valence-electron chi connectivity index (χ3n) is 10.6. The molecular formula is C44H37FN8O5S2. The van der Waals surface area contributed by atoms with Crippen molar-refractivity contribution in [2.45, 2.75) is 51.5 Å². The second-order valence-electron chi connectivity index (χ2n) is 14.5. The highest BCUT2D eigenvalue weighted by Crippen LogP contribution is 2.40. The fraction of sp³-hybridized carbons (Fsp3) is 0.182. The van der Waals surface area contributed by atoms with Crippen LogP contribution in [-0.2, 0) is 21.2 Å². The number of aromatic amines is 1. The number of hydrogen-bond donors (Lipinski definition) is 4. The van der Waals surface area contributed by atoms with Crippen molar-refractivity contribution in [3.63, 3.8) is 0 Å². The van der Waals surface area contributed by atoms with Crippen molar-refractivity contribution in [1.29, 1.82) is 5.26 Å². The van der Waals surface area contributed by atoms with Crippen LogP contribution in [0, 0.1) is 44.8 Å². The first-order chi connectivity index (χ1) is 28.7. The average Bonchev–Trinajstić information content (AvgIpc) is 3.90. The Morgan fingerprint density at radius 1 is 0.983 bits per heavy atom. The summed E-state index contributed by atoms with van der Waals surface area (Å²) < 4.78 is 46.6. The van der Waals surface area contributed by atoms with Gasteiger partial charge in [0.1, 0.15) is 28.8 Å². The number of thiophene rings is 1. The second kappa shape index (κ2) is 15.7. The molecule has 0 saturated carbocycles. The summed E-state index contributed by atoms with van der Waals surface area (Å²) in [5.74, 6) is -0.963. The maximum Gasteiger partial charge on any atom is 0.306 e. The van der Waals surface area contributed by atoms with Crippen molar-refractivity contribution in [1.82, 2.24) is 25.1 Å². The molecule has 0 saturated heterocycles. The summed E-state index contributed by atoms with van der Waals surface area (Å²) in [7, 11) is -3.95. The van der Waals surface area contributed by atoms with Crippen molar-refractivity contribution < 1.29 is 27.5 Å². The molecule has 4 aromatic carbocycles. The van der Waals surface area contributed by atoms with Gasteiger partial charge in [0.2, 0.25) is 0 Å². The first-order valence-corrected chi connectivity index (χ1v) is 21.2. The van der Waals surface area contributed by atoms with E-state index < -0.39 is 33.8 Å². The number of nitriles is 1. The quantitative estimate of drug-likeness (QED) is 0.101. The molecule has 0 unspecified atom stereocenters. The lowest BCUT2D eigenvalue weighted by atomic mass is 9.96.